The maximum atomic E-state index is 11.8. The van der Waals surface area contributed by atoms with Gasteiger partial charge in [-0.05, 0) is 43.4 Å². The van der Waals surface area contributed by atoms with Crippen LogP contribution < -0.4 is 0 Å². The minimum absolute atomic E-state index is 0.216. The zero-order chi connectivity index (χ0) is 16.4. The maximum Gasteiger partial charge on any atom is 0.417 e. The molecule has 7 heteroatoms. The Kier molecular flexibility index (Phi) is 4.18. The van der Waals surface area contributed by atoms with Crippen molar-refractivity contribution in [3.63, 3.8) is 0 Å². The molecule has 1 N–H and O–H groups in total. The average Bonchev–Trinajstić information content (AvgIpc) is 2.95. The molecule has 23 heavy (non-hydrogen) atoms. The molecule has 1 amide bonds. The zero-order valence-electron chi connectivity index (χ0n) is 12.9. The summed E-state index contributed by atoms with van der Waals surface area (Å²) in [4.78, 5) is 29.0. The van der Waals surface area contributed by atoms with Crippen LogP contribution in [0.4, 0.5) is 9.59 Å². The van der Waals surface area contributed by atoms with Gasteiger partial charge in [-0.2, -0.15) is 0 Å². The maximum absolute atomic E-state index is 11.8. The molecule has 2 aromatic heterocycles. The van der Waals surface area contributed by atoms with Crippen molar-refractivity contribution in [3.05, 3.63) is 30.1 Å². The summed E-state index contributed by atoms with van der Waals surface area (Å²) in [5, 5.41) is 10.2. The minimum Gasteiger partial charge on any atom is -0.464 e. The molecule has 0 aliphatic carbocycles. The summed E-state index contributed by atoms with van der Waals surface area (Å²) in [6, 6.07) is 3.71. The number of carbonyl (C=O) groups excluding carboxylic acids is 1. The molecule has 0 saturated carbocycles. The Morgan fingerprint density at radius 3 is 2.78 bits per heavy atom. The van der Waals surface area contributed by atoms with Gasteiger partial charge in [0.15, 0.2) is 0 Å². The van der Waals surface area contributed by atoms with Gasteiger partial charge in [0.05, 0.1) is 6.61 Å². The smallest absolute Gasteiger partial charge is 0.417 e. The average molecular weight is 317 g/mol. The Hall–Kier alpha value is -2.57. The third-order valence-electron chi connectivity index (χ3n) is 4.26. The molecule has 1 fully saturated rings. The first kappa shape index (κ1) is 15.3. The second-order valence-corrected chi connectivity index (χ2v) is 5.57. The lowest BCUT2D eigenvalue weighted by Gasteiger charge is -2.31. The van der Waals surface area contributed by atoms with Crippen molar-refractivity contribution in [2.24, 2.45) is 0 Å². The van der Waals surface area contributed by atoms with Crippen molar-refractivity contribution in [3.8, 4) is 0 Å². The normalized spacial score (nSPS) is 15.8. The van der Waals surface area contributed by atoms with Crippen molar-refractivity contribution < 1.29 is 19.4 Å². The number of ether oxygens (including phenoxy) is 1. The van der Waals surface area contributed by atoms with Gasteiger partial charge in [-0.1, -0.05) is 0 Å². The number of pyridine rings is 1. The van der Waals surface area contributed by atoms with E-state index in [2.05, 4.69) is 4.98 Å². The van der Waals surface area contributed by atoms with Crippen LogP contribution in [0.1, 0.15) is 31.2 Å². The monoisotopic (exact) mass is 317 g/mol. The van der Waals surface area contributed by atoms with Crippen LogP contribution in [0.15, 0.2) is 24.5 Å². The molecule has 0 unspecified atom stereocenters. The molecule has 0 spiro atoms. The van der Waals surface area contributed by atoms with Crippen molar-refractivity contribution >= 4 is 23.2 Å². The fourth-order valence-electron chi connectivity index (χ4n) is 3.14. The van der Waals surface area contributed by atoms with Crippen molar-refractivity contribution in [2.45, 2.75) is 25.7 Å². The molecule has 7 nitrogen and oxygen atoms in total. The fourth-order valence-corrected chi connectivity index (χ4v) is 3.14. The number of rotatable bonds is 2. The lowest BCUT2D eigenvalue weighted by atomic mass is 9.90. The SMILES string of the molecule is CCOC(=O)N1CCC(c2cn(C(=O)O)c3ncccc23)CC1. The Bertz CT molecular complexity index is 732. The molecule has 0 bridgehead atoms. The number of amides is 1. The van der Waals surface area contributed by atoms with Gasteiger partial charge in [0, 0.05) is 30.9 Å². The van der Waals surface area contributed by atoms with Crippen LogP contribution in [0.5, 0.6) is 0 Å². The van der Waals surface area contributed by atoms with Crippen molar-refractivity contribution in [1.82, 2.24) is 14.5 Å². The van der Waals surface area contributed by atoms with Crippen LogP contribution in [0.25, 0.3) is 11.0 Å². The van der Waals surface area contributed by atoms with E-state index in [0.29, 0.717) is 25.3 Å². The highest BCUT2D eigenvalue weighted by Crippen LogP contribution is 2.33. The van der Waals surface area contributed by atoms with Crippen LogP contribution in [-0.4, -0.2) is 51.4 Å². The molecule has 1 aliphatic heterocycles. The van der Waals surface area contributed by atoms with Crippen LogP contribution in [0, 0.1) is 0 Å². The van der Waals surface area contributed by atoms with Gasteiger partial charge < -0.3 is 14.7 Å². The first-order valence-electron chi connectivity index (χ1n) is 7.72. The van der Waals surface area contributed by atoms with E-state index in [1.165, 1.54) is 4.57 Å². The molecule has 0 radical (unpaired) electrons. The number of fused-ring (bicyclic) bond motifs is 1. The number of aromatic nitrogens is 2. The van der Waals surface area contributed by atoms with E-state index in [9.17, 15) is 14.7 Å². The number of hydrogen-bond donors (Lipinski definition) is 1. The Balaban J connectivity index is 1.83. The highest BCUT2D eigenvalue weighted by atomic mass is 16.6. The van der Waals surface area contributed by atoms with E-state index in [1.54, 1.807) is 24.2 Å². The highest BCUT2D eigenvalue weighted by molar-refractivity contribution is 5.89. The van der Waals surface area contributed by atoms with Gasteiger partial charge in [-0.25, -0.2) is 19.1 Å². The van der Waals surface area contributed by atoms with Crippen molar-refractivity contribution in [2.75, 3.05) is 19.7 Å². The van der Waals surface area contributed by atoms with E-state index in [0.717, 1.165) is 23.8 Å². The number of piperidine rings is 1. The number of nitrogens with zero attached hydrogens (tertiary/aromatic N) is 3. The Morgan fingerprint density at radius 2 is 2.13 bits per heavy atom. The lowest BCUT2D eigenvalue weighted by Crippen LogP contribution is -2.38. The van der Waals surface area contributed by atoms with Gasteiger partial charge in [0.25, 0.3) is 0 Å². The quantitative estimate of drug-likeness (QED) is 0.920. The van der Waals surface area contributed by atoms with Crippen LogP contribution in [-0.2, 0) is 4.74 Å². The lowest BCUT2D eigenvalue weighted by molar-refractivity contribution is 0.0971. The molecular formula is C16H19N3O4. The molecule has 3 rings (SSSR count). The predicted octanol–water partition coefficient (Wildman–Crippen LogP) is 2.90. The Morgan fingerprint density at radius 1 is 1.39 bits per heavy atom. The summed E-state index contributed by atoms with van der Waals surface area (Å²) in [7, 11) is 0. The summed E-state index contributed by atoms with van der Waals surface area (Å²) in [6.07, 6.45) is 3.50. The number of likely N-dealkylation sites (tertiary alicyclic amines) is 1. The van der Waals surface area contributed by atoms with Gasteiger partial charge >= 0.3 is 12.2 Å². The number of hydrogen-bond acceptors (Lipinski definition) is 4. The summed E-state index contributed by atoms with van der Waals surface area (Å²) >= 11 is 0. The first-order valence-corrected chi connectivity index (χ1v) is 7.72. The van der Waals surface area contributed by atoms with E-state index in [-0.39, 0.29) is 12.0 Å². The van der Waals surface area contributed by atoms with Gasteiger partial charge in [0.1, 0.15) is 5.65 Å². The van der Waals surface area contributed by atoms with E-state index < -0.39 is 6.09 Å². The number of carboxylic acid groups (broad SMARTS) is 1. The topological polar surface area (TPSA) is 84.7 Å². The largest absolute Gasteiger partial charge is 0.464 e. The summed E-state index contributed by atoms with van der Waals surface area (Å²) in [5.74, 6) is 0.216. The third kappa shape index (κ3) is 2.86. The zero-order valence-corrected chi connectivity index (χ0v) is 12.9. The van der Waals surface area contributed by atoms with Gasteiger partial charge in [-0.15, -0.1) is 0 Å². The second-order valence-electron chi connectivity index (χ2n) is 5.57. The van der Waals surface area contributed by atoms with Gasteiger partial charge in [-0.3, -0.25) is 0 Å². The molecule has 3 heterocycles. The third-order valence-corrected chi connectivity index (χ3v) is 4.26. The molecule has 0 atom stereocenters. The Labute approximate surface area is 133 Å². The van der Waals surface area contributed by atoms with Crippen LogP contribution in [0.3, 0.4) is 0 Å². The summed E-state index contributed by atoms with van der Waals surface area (Å²) in [6.45, 7) is 3.39. The van der Waals surface area contributed by atoms with Gasteiger partial charge in [0.2, 0.25) is 0 Å². The first-order chi connectivity index (χ1) is 11.1. The van der Waals surface area contributed by atoms with Crippen molar-refractivity contribution in [1.29, 1.82) is 0 Å². The highest BCUT2D eigenvalue weighted by Gasteiger charge is 2.27. The predicted molar refractivity (Wildman–Crippen MR) is 83.7 cm³/mol. The standard InChI is InChI=1S/C16H19N3O4/c1-2-23-16(22)18-8-5-11(6-9-18)13-10-19(15(20)21)14-12(13)4-3-7-17-14/h3-4,7,10-11H,2,5-6,8-9H2,1H3,(H,20,21). The summed E-state index contributed by atoms with van der Waals surface area (Å²) in [5.41, 5.74) is 1.45. The molecule has 0 aromatic carbocycles. The second kappa shape index (κ2) is 6.28. The van der Waals surface area contributed by atoms with E-state index in [4.69, 9.17) is 4.74 Å². The molecule has 2 aromatic rings. The minimum atomic E-state index is -1.04. The summed E-state index contributed by atoms with van der Waals surface area (Å²) < 4.78 is 6.19. The van der Waals surface area contributed by atoms with E-state index >= 15 is 0 Å². The number of carbonyl (C=O) groups is 2. The fraction of sp³-hybridized carbons (Fsp3) is 0.438. The molecule has 122 valence electrons. The molecular weight excluding hydrogens is 298 g/mol. The molecule has 1 saturated heterocycles. The van der Waals surface area contributed by atoms with Crippen LogP contribution in [0.2, 0.25) is 0 Å². The van der Waals surface area contributed by atoms with Crippen LogP contribution >= 0.6 is 0 Å². The van der Waals surface area contributed by atoms with E-state index in [1.807, 2.05) is 12.1 Å². The molecule has 1 aliphatic rings.